The van der Waals surface area contributed by atoms with Crippen LogP contribution in [0.1, 0.15) is 149 Å². The summed E-state index contributed by atoms with van der Waals surface area (Å²) in [6.45, 7) is 1.90. The number of ether oxygens (including phenoxy) is 2. The highest BCUT2D eigenvalue weighted by Crippen LogP contribution is 2.43. The van der Waals surface area contributed by atoms with Crippen molar-refractivity contribution in [2.24, 2.45) is 11.8 Å². The number of rotatable bonds is 37. The molecule has 1 unspecified atom stereocenters. The molecule has 1 aliphatic carbocycles. The van der Waals surface area contributed by atoms with Crippen LogP contribution in [0.15, 0.2) is 60.8 Å². The number of ketones is 1. The Bertz CT molecular complexity index is 1340. The molecular formula is C46H77O13P. The molecule has 7 atom stereocenters. The van der Waals surface area contributed by atoms with Crippen LogP contribution in [0.25, 0.3) is 0 Å². The number of phosphoric acid groups is 1. The van der Waals surface area contributed by atoms with E-state index in [-0.39, 0.29) is 31.0 Å². The lowest BCUT2D eigenvalue weighted by Crippen LogP contribution is -2.29. The summed E-state index contributed by atoms with van der Waals surface area (Å²) in [6.07, 6.45) is 32.6. The van der Waals surface area contributed by atoms with Gasteiger partial charge < -0.3 is 34.8 Å². The van der Waals surface area contributed by atoms with E-state index in [2.05, 4.69) is 54.8 Å². The lowest BCUT2D eigenvalue weighted by atomic mass is 9.90. The van der Waals surface area contributed by atoms with Gasteiger partial charge in [0.15, 0.2) is 6.10 Å². The first-order valence-electron chi connectivity index (χ1n) is 22.3. The molecule has 0 aromatic heterocycles. The first-order valence-corrected chi connectivity index (χ1v) is 23.8. The van der Waals surface area contributed by atoms with Gasteiger partial charge in [-0.15, -0.1) is 0 Å². The molecule has 0 saturated heterocycles. The predicted molar refractivity (Wildman–Crippen MR) is 234 cm³/mol. The largest absolute Gasteiger partial charge is 0.472 e. The van der Waals surface area contributed by atoms with Gasteiger partial charge in [0.25, 0.3) is 0 Å². The van der Waals surface area contributed by atoms with Gasteiger partial charge in [-0.2, -0.15) is 0 Å². The Kier molecular flexibility index (Phi) is 33.0. The molecule has 5 N–H and O–H groups in total. The van der Waals surface area contributed by atoms with E-state index in [1.54, 1.807) is 12.2 Å². The van der Waals surface area contributed by atoms with Crippen LogP contribution in [0.4, 0.5) is 0 Å². The molecular weight excluding hydrogens is 791 g/mol. The quantitative estimate of drug-likeness (QED) is 0.0172. The predicted octanol–water partition coefficient (Wildman–Crippen LogP) is 8.48. The zero-order valence-electron chi connectivity index (χ0n) is 36.4. The Morgan fingerprint density at radius 1 is 0.750 bits per heavy atom. The van der Waals surface area contributed by atoms with Crippen molar-refractivity contribution in [1.29, 1.82) is 0 Å². The van der Waals surface area contributed by atoms with E-state index in [0.717, 1.165) is 64.2 Å². The first kappa shape index (κ1) is 55.3. The molecule has 0 spiro atoms. The van der Waals surface area contributed by atoms with E-state index in [9.17, 15) is 39.2 Å². The Morgan fingerprint density at radius 2 is 1.33 bits per heavy atom. The molecule has 0 amide bonds. The van der Waals surface area contributed by atoms with Gasteiger partial charge in [0.1, 0.15) is 18.5 Å². The zero-order valence-corrected chi connectivity index (χ0v) is 37.3. The fourth-order valence-corrected chi connectivity index (χ4v) is 7.24. The van der Waals surface area contributed by atoms with Crippen molar-refractivity contribution in [3.63, 3.8) is 0 Å². The number of Topliss-reactive ketones (excluding diaryl/α,β-unsaturated/α-hetero) is 1. The average molecular weight is 869 g/mol. The fourth-order valence-electron chi connectivity index (χ4n) is 6.45. The Hall–Kier alpha value is -2.74. The molecule has 0 bridgehead atoms. The Labute approximate surface area is 359 Å². The summed E-state index contributed by atoms with van der Waals surface area (Å²) in [6, 6.07) is 0. The van der Waals surface area contributed by atoms with Crippen molar-refractivity contribution in [1.82, 2.24) is 0 Å². The smallest absolute Gasteiger partial charge is 0.462 e. The van der Waals surface area contributed by atoms with Crippen molar-refractivity contribution in [3.05, 3.63) is 60.8 Å². The SMILES string of the molecule is CCCCC/C=C\C/C=C\C/C=C\CCCCCCC(=O)OC[C@H](COP(=O)(O)OC[C@@H](O)CO)OC(=O)CCC/C=C\C[C@H]1[C@@H](O)CC(=O)[C@@H]1/C=C/[C@@H](O)CCCCC. The van der Waals surface area contributed by atoms with Crippen LogP contribution in [0.2, 0.25) is 0 Å². The minimum absolute atomic E-state index is 0.0146. The van der Waals surface area contributed by atoms with E-state index in [4.69, 9.17) is 19.1 Å². The average Bonchev–Trinajstić information content (AvgIpc) is 3.49. The Morgan fingerprint density at radius 3 is 2.02 bits per heavy atom. The third-order valence-electron chi connectivity index (χ3n) is 10.0. The van der Waals surface area contributed by atoms with Crippen LogP contribution >= 0.6 is 7.82 Å². The number of allylic oxidation sites excluding steroid dienone is 9. The molecule has 0 heterocycles. The minimum atomic E-state index is -4.70. The van der Waals surface area contributed by atoms with Crippen molar-refractivity contribution >= 4 is 25.5 Å². The number of carbonyl (C=O) groups excluding carboxylic acids is 3. The highest BCUT2D eigenvalue weighted by atomic mass is 31.2. The number of unbranched alkanes of at least 4 members (excludes halogenated alkanes) is 10. The highest BCUT2D eigenvalue weighted by molar-refractivity contribution is 7.47. The maximum Gasteiger partial charge on any atom is 0.472 e. The topological polar surface area (TPSA) is 206 Å². The van der Waals surface area contributed by atoms with Crippen LogP contribution in [-0.4, -0.2) is 93.9 Å². The van der Waals surface area contributed by atoms with Crippen molar-refractivity contribution in [2.45, 2.75) is 173 Å². The van der Waals surface area contributed by atoms with Gasteiger partial charge >= 0.3 is 19.8 Å². The summed E-state index contributed by atoms with van der Waals surface area (Å²) in [4.78, 5) is 47.7. The lowest BCUT2D eigenvalue weighted by Gasteiger charge is -2.20. The van der Waals surface area contributed by atoms with Gasteiger partial charge in [-0.3, -0.25) is 23.4 Å². The second-order valence-corrected chi connectivity index (χ2v) is 17.0. The van der Waals surface area contributed by atoms with Gasteiger partial charge in [0.05, 0.1) is 32.0 Å². The second-order valence-electron chi connectivity index (χ2n) is 15.5. The van der Waals surface area contributed by atoms with Crippen LogP contribution < -0.4 is 0 Å². The molecule has 0 aromatic carbocycles. The molecule has 1 fully saturated rings. The van der Waals surface area contributed by atoms with Gasteiger partial charge in [0.2, 0.25) is 0 Å². The molecule has 13 nitrogen and oxygen atoms in total. The van der Waals surface area contributed by atoms with Gasteiger partial charge in [-0.05, 0) is 70.6 Å². The van der Waals surface area contributed by atoms with Crippen LogP contribution in [-0.2, 0) is 37.5 Å². The molecule has 1 rings (SSSR count). The molecule has 0 radical (unpaired) electrons. The summed E-state index contributed by atoms with van der Waals surface area (Å²) in [5.41, 5.74) is 0. The number of aliphatic hydroxyl groups excluding tert-OH is 4. The highest BCUT2D eigenvalue weighted by Gasteiger charge is 2.39. The molecule has 344 valence electrons. The number of hydrogen-bond donors (Lipinski definition) is 5. The normalized spacial score (nSPS) is 19.9. The van der Waals surface area contributed by atoms with E-state index >= 15 is 0 Å². The molecule has 0 aliphatic heterocycles. The van der Waals surface area contributed by atoms with E-state index in [1.165, 1.54) is 19.3 Å². The number of phosphoric ester groups is 1. The van der Waals surface area contributed by atoms with Crippen LogP contribution in [0.3, 0.4) is 0 Å². The van der Waals surface area contributed by atoms with E-state index < -0.39 is 76.5 Å². The van der Waals surface area contributed by atoms with Crippen molar-refractivity contribution in [2.75, 3.05) is 26.4 Å². The van der Waals surface area contributed by atoms with Crippen LogP contribution in [0.5, 0.6) is 0 Å². The van der Waals surface area contributed by atoms with Gasteiger partial charge in [0, 0.05) is 31.1 Å². The summed E-state index contributed by atoms with van der Waals surface area (Å²) in [5, 5.41) is 39.1. The molecule has 0 aromatic rings. The maximum absolute atomic E-state index is 12.7. The number of hydrogen-bond acceptors (Lipinski definition) is 12. The summed E-state index contributed by atoms with van der Waals surface area (Å²) < 4.78 is 32.7. The van der Waals surface area contributed by atoms with Crippen LogP contribution in [0, 0.1) is 11.8 Å². The van der Waals surface area contributed by atoms with Crippen molar-refractivity contribution < 1.29 is 62.8 Å². The zero-order chi connectivity index (χ0) is 44.3. The first-order chi connectivity index (χ1) is 28.9. The van der Waals surface area contributed by atoms with Crippen molar-refractivity contribution in [3.8, 4) is 0 Å². The Balaban J connectivity index is 2.49. The van der Waals surface area contributed by atoms with E-state index in [1.807, 2.05) is 12.2 Å². The minimum Gasteiger partial charge on any atom is -0.462 e. The van der Waals surface area contributed by atoms with E-state index in [0.29, 0.717) is 32.1 Å². The lowest BCUT2D eigenvalue weighted by molar-refractivity contribution is -0.161. The number of esters is 2. The molecule has 14 heteroatoms. The third kappa shape index (κ3) is 29.5. The maximum atomic E-state index is 12.7. The summed E-state index contributed by atoms with van der Waals surface area (Å²) in [7, 11) is -4.70. The van der Waals surface area contributed by atoms with Gasteiger partial charge in [-0.25, -0.2) is 4.57 Å². The van der Waals surface area contributed by atoms with Gasteiger partial charge in [-0.1, -0.05) is 120 Å². The number of carbonyl (C=O) groups is 3. The monoisotopic (exact) mass is 869 g/mol. The molecule has 1 saturated carbocycles. The number of aliphatic hydroxyl groups is 4. The fraction of sp³-hybridized carbons (Fsp3) is 0.717. The molecule has 1 aliphatic rings. The second kappa shape index (κ2) is 35.8. The summed E-state index contributed by atoms with van der Waals surface area (Å²) in [5.74, 6) is -1.98. The molecule has 60 heavy (non-hydrogen) atoms. The standard InChI is InChI=1S/C46H77O13P/c1-3-5-7-8-9-10-11-12-13-14-15-16-17-18-19-20-25-29-45(52)56-36-40(37-58-60(54,55)57-35-39(49)34-47)59-46(53)30-26-22-21-24-28-41-42(44(51)33-43(41)50)32-31-38(48)27-23-6-4-2/h9-10,12-13,15-16,21,24,31-32,38-43,47-50H,3-8,11,14,17-20,22-23,25-30,33-37H2,1-2H3,(H,54,55)/b10-9-,13-12-,16-15-,24-21-,32-31+/t38-,39-,40+,41+,42+,43-/m0/s1. The summed E-state index contributed by atoms with van der Waals surface area (Å²) >= 11 is 0. The third-order valence-corrected chi connectivity index (χ3v) is 11.0.